The third-order valence-corrected chi connectivity index (χ3v) is 4.90. The van der Waals surface area contributed by atoms with E-state index >= 15 is 0 Å². The van der Waals surface area contributed by atoms with Crippen molar-refractivity contribution in [2.75, 3.05) is 25.1 Å². The Balaban J connectivity index is 2.08. The number of carboxylic acid groups (broad SMARTS) is 1. The van der Waals surface area contributed by atoms with Crippen LogP contribution in [-0.2, 0) is 9.53 Å². The van der Waals surface area contributed by atoms with E-state index < -0.39 is 5.97 Å². The van der Waals surface area contributed by atoms with Crippen LogP contribution in [0.5, 0.6) is 0 Å². The lowest BCUT2D eigenvalue weighted by atomic mass is 10.0. The van der Waals surface area contributed by atoms with Gasteiger partial charge < -0.3 is 15.2 Å². The number of anilines is 1. The van der Waals surface area contributed by atoms with Crippen molar-refractivity contribution in [3.63, 3.8) is 0 Å². The Hall–Kier alpha value is -3.28. The number of carbonyl (C=O) groups excluding carboxylic acids is 1. The van der Waals surface area contributed by atoms with E-state index in [9.17, 15) is 14.7 Å². The van der Waals surface area contributed by atoms with Gasteiger partial charge in [0.1, 0.15) is 0 Å². The molecule has 31 heavy (non-hydrogen) atoms. The van der Waals surface area contributed by atoms with Gasteiger partial charge in [-0.3, -0.25) is 4.90 Å². The molecule has 0 radical (unpaired) electrons. The normalized spacial score (nSPS) is 11.1. The van der Waals surface area contributed by atoms with Crippen molar-refractivity contribution in [3.8, 4) is 11.1 Å². The number of carbonyl (C=O) groups is 2. The van der Waals surface area contributed by atoms with Crippen LogP contribution in [0.25, 0.3) is 17.2 Å². The zero-order valence-electron chi connectivity index (χ0n) is 18.6. The standard InChI is InChI=1S/C25H32N2O4/c1-4-6-7-8-16-26-25(30)27(3)22-11-9-10-21(18-22)20-14-12-19(13-15-20)17-23(24(28)29)31-5-2/h9-15,17-18H,4-8,16H2,1-3H3,(H,26,30)(H,28,29)/b23-17-. The third kappa shape index (κ3) is 7.48. The Labute approximate surface area is 184 Å². The van der Waals surface area contributed by atoms with Gasteiger partial charge in [-0.1, -0.05) is 62.6 Å². The third-order valence-electron chi connectivity index (χ3n) is 4.90. The second-order valence-corrected chi connectivity index (χ2v) is 7.27. The minimum Gasteiger partial charge on any atom is -0.487 e. The van der Waals surface area contributed by atoms with Crippen LogP contribution in [0.3, 0.4) is 0 Å². The van der Waals surface area contributed by atoms with Gasteiger partial charge in [0.15, 0.2) is 0 Å². The van der Waals surface area contributed by atoms with Gasteiger partial charge in [-0.15, -0.1) is 0 Å². The van der Waals surface area contributed by atoms with Gasteiger partial charge in [0.05, 0.1) is 6.61 Å². The number of rotatable bonds is 11. The second-order valence-electron chi connectivity index (χ2n) is 7.27. The van der Waals surface area contributed by atoms with Crippen molar-refractivity contribution >= 4 is 23.8 Å². The zero-order valence-corrected chi connectivity index (χ0v) is 18.6. The summed E-state index contributed by atoms with van der Waals surface area (Å²) in [6.45, 7) is 4.88. The summed E-state index contributed by atoms with van der Waals surface area (Å²) >= 11 is 0. The van der Waals surface area contributed by atoms with Crippen molar-refractivity contribution in [1.29, 1.82) is 0 Å². The predicted octanol–water partition coefficient (Wildman–Crippen LogP) is 5.54. The Morgan fingerprint density at radius 1 is 1.03 bits per heavy atom. The Kier molecular flexibility index (Phi) is 9.62. The maximum atomic E-state index is 12.4. The van der Waals surface area contributed by atoms with Crippen LogP contribution in [0.15, 0.2) is 54.3 Å². The van der Waals surface area contributed by atoms with Crippen molar-refractivity contribution in [2.45, 2.75) is 39.5 Å². The molecular weight excluding hydrogens is 392 g/mol. The lowest BCUT2D eigenvalue weighted by Gasteiger charge is -2.19. The summed E-state index contributed by atoms with van der Waals surface area (Å²) in [6.07, 6.45) is 5.97. The molecule has 0 heterocycles. The molecular formula is C25H32N2O4. The van der Waals surface area contributed by atoms with E-state index in [0.717, 1.165) is 35.2 Å². The minimum atomic E-state index is -1.09. The van der Waals surface area contributed by atoms with Crippen molar-refractivity contribution in [1.82, 2.24) is 5.32 Å². The Morgan fingerprint density at radius 2 is 1.77 bits per heavy atom. The van der Waals surface area contributed by atoms with E-state index in [4.69, 9.17) is 4.74 Å². The second kappa shape index (κ2) is 12.4. The molecule has 2 N–H and O–H groups in total. The molecule has 6 heteroatoms. The molecule has 0 aliphatic heterocycles. The smallest absolute Gasteiger partial charge is 0.371 e. The van der Waals surface area contributed by atoms with Gasteiger partial charge >= 0.3 is 12.0 Å². The van der Waals surface area contributed by atoms with Crippen LogP contribution in [0.2, 0.25) is 0 Å². The number of benzene rings is 2. The van der Waals surface area contributed by atoms with Crippen molar-refractivity contribution in [3.05, 3.63) is 59.9 Å². The fourth-order valence-corrected chi connectivity index (χ4v) is 3.12. The highest BCUT2D eigenvalue weighted by molar-refractivity contribution is 5.92. The SMILES string of the molecule is CCCCCCNC(=O)N(C)c1cccc(-c2ccc(/C=C(\OCC)C(=O)O)cc2)c1. The van der Waals surface area contributed by atoms with E-state index in [0.29, 0.717) is 13.2 Å². The number of hydrogen-bond donors (Lipinski definition) is 2. The number of hydrogen-bond acceptors (Lipinski definition) is 3. The molecule has 2 aromatic carbocycles. The van der Waals surface area contributed by atoms with Gasteiger partial charge in [-0.05, 0) is 48.2 Å². The summed E-state index contributed by atoms with van der Waals surface area (Å²) in [7, 11) is 1.76. The molecule has 0 unspecified atom stereocenters. The summed E-state index contributed by atoms with van der Waals surface area (Å²) in [5, 5.41) is 12.2. The molecule has 0 atom stereocenters. The van der Waals surface area contributed by atoms with E-state index in [-0.39, 0.29) is 11.8 Å². The molecule has 0 saturated heterocycles. The molecule has 0 fully saturated rings. The molecule has 0 aliphatic rings. The fraction of sp³-hybridized carbons (Fsp3) is 0.360. The Bertz CT molecular complexity index is 891. The van der Waals surface area contributed by atoms with E-state index in [1.165, 1.54) is 18.9 Å². The number of urea groups is 1. The lowest BCUT2D eigenvalue weighted by Crippen LogP contribution is -2.37. The van der Waals surface area contributed by atoms with Gasteiger partial charge in [0.2, 0.25) is 5.76 Å². The molecule has 2 rings (SSSR count). The first kappa shape index (κ1) is 24.0. The van der Waals surface area contributed by atoms with Gasteiger partial charge in [0, 0.05) is 19.3 Å². The first-order valence-corrected chi connectivity index (χ1v) is 10.8. The molecule has 166 valence electrons. The van der Waals surface area contributed by atoms with Crippen LogP contribution >= 0.6 is 0 Å². The zero-order chi connectivity index (χ0) is 22.6. The highest BCUT2D eigenvalue weighted by Crippen LogP contribution is 2.25. The fourth-order valence-electron chi connectivity index (χ4n) is 3.12. The number of aliphatic carboxylic acids is 1. The van der Waals surface area contributed by atoms with Crippen LogP contribution in [0, 0.1) is 0 Å². The Morgan fingerprint density at radius 3 is 2.42 bits per heavy atom. The highest BCUT2D eigenvalue weighted by atomic mass is 16.5. The number of nitrogens with one attached hydrogen (secondary N) is 1. The topological polar surface area (TPSA) is 78.9 Å². The summed E-state index contributed by atoms with van der Waals surface area (Å²) in [5.41, 5.74) is 3.49. The molecule has 0 saturated carbocycles. The van der Waals surface area contributed by atoms with Gasteiger partial charge in [-0.2, -0.15) is 0 Å². The number of carboxylic acids is 1. The summed E-state index contributed by atoms with van der Waals surface area (Å²) in [5.74, 6) is -1.18. The molecule has 2 aromatic rings. The van der Waals surface area contributed by atoms with Gasteiger partial charge in [0.25, 0.3) is 0 Å². The molecule has 0 bridgehead atoms. The molecule has 0 aromatic heterocycles. The van der Waals surface area contributed by atoms with Gasteiger partial charge in [-0.25, -0.2) is 9.59 Å². The van der Waals surface area contributed by atoms with Crippen molar-refractivity contribution in [2.24, 2.45) is 0 Å². The highest BCUT2D eigenvalue weighted by Gasteiger charge is 2.11. The number of amides is 2. The monoisotopic (exact) mass is 424 g/mol. The van der Waals surface area contributed by atoms with Crippen molar-refractivity contribution < 1.29 is 19.4 Å². The molecule has 2 amide bonds. The van der Waals surface area contributed by atoms with E-state index in [1.54, 1.807) is 18.9 Å². The minimum absolute atomic E-state index is 0.0837. The maximum absolute atomic E-state index is 12.4. The summed E-state index contributed by atoms with van der Waals surface area (Å²) < 4.78 is 5.15. The average molecular weight is 425 g/mol. The summed E-state index contributed by atoms with van der Waals surface area (Å²) in [4.78, 5) is 25.3. The molecule has 0 spiro atoms. The van der Waals surface area contributed by atoms with Crippen LogP contribution < -0.4 is 10.2 Å². The maximum Gasteiger partial charge on any atom is 0.371 e. The number of ether oxygens (including phenoxy) is 1. The first-order valence-electron chi connectivity index (χ1n) is 10.8. The first-order chi connectivity index (χ1) is 15.0. The largest absolute Gasteiger partial charge is 0.487 e. The van der Waals surface area contributed by atoms with Crippen LogP contribution in [0.4, 0.5) is 10.5 Å². The van der Waals surface area contributed by atoms with E-state index in [2.05, 4.69) is 12.2 Å². The van der Waals surface area contributed by atoms with Crippen LogP contribution in [-0.4, -0.2) is 37.3 Å². The average Bonchev–Trinajstić information content (AvgIpc) is 2.78. The molecule has 6 nitrogen and oxygen atoms in total. The predicted molar refractivity (Wildman–Crippen MR) is 125 cm³/mol. The van der Waals surface area contributed by atoms with E-state index in [1.807, 2.05) is 48.5 Å². The summed E-state index contributed by atoms with van der Waals surface area (Å²) in [6, 6.07) is 15.2. The quantitative estimate of drug-likeness (QED) is 0.282. The van der Waals surface area contributed by atoms with Crippen LogP contribution in [0.1, 0.15) is 45.1 Å². The molecule has 0 aliphatic carbocycles. The number of unbranched alkanes of at least 4 members (excludes halogenated alkanes) is 3. The lowest BCUT2D eigenvalue weighted by molar-refractivity contribution is -0.136. The number of nitrogens with zero attached hydrogens (tertiary/aromatic N) is 1.